The predicted molar refractivity (Wildman–Crippen MR) is 76.8 cm³/mol. The summed E-state index contributed by atoms with van der Waals surface area (Å²) in [5.74, 6) is 1.32. The van der Waals surface area contributed by atoms with E-state index in [0.717, 1.165) is 32.2 Å². The molecule has 1 aliphatic heterocycles. The van der Waals surface area contributed by atoms with Gasteiger partial charge >= 0.3 is 0 Å². The monoisotopic (exact) mass is 291 g/mol. The molecule has 1 N–H and O–H groups in total. The largest absolute Gasteiger partial charge is 0.378 e. The molecule has 2 fully saturated rings. The van der Waals surface area contributed by atoms with E-state index in [9.17, 15) is 9.59 Å². The van der Waals surface area contributed by atoms with Crippen LogP contribution < -0.4 is 5.56 Å². The van der Waals surface area contributed by atoms with Crippen LogP contribution in [0.5, 0.6) is 0 Å². The van der Waals surface area contributed by atoms with E-state index in [2.05, 4.69) is 9.97 Å². The molecule has 2 aliphatic rings. The normalized spacial score (nSPS) is 22.3. The number of nitrogens with zero attached hydrogens (tertiary/aromatic N) is 2. The molecule has 6 heteroatoms. The number of nitrogens with one attached hydrogen (secondary N) is 1. The van der Waals surface area contributed by atoms with Crippen LogP contribution in [0.15, 0.2) is 10.9 Å². The molecule has 6 nitrogen and oxygen atoms in total. The van der Waals surface area contributed by atoms with Crippen molar-refractivity contribution in [1.82, 2.24) is 14.9 Å². The second-order valence-corrected chi connectivity index (χ2v) is 5.95. The molecule has 21 heavy (non-hydrogen) atoms. The van der Waals surface area contributed by atoms with E-state index in [4.69, 9.17) is 4.74 Å². The van der Waals surface area contributed by atoms with Gasteiger partial charge in [-0.1, -0.05) is 0 Å². The van der Waals surface area contributed by atoms with Gasteiger partial charge in [0.2, 0.25) is 5.91 Å². The molecule has 114 valence electrons. The topological polar surface area (TPSA) is 75.3 Å². The lowest BCUT2D eigenvalue weighted by Crippen LogP contribution is -2.40. The van der Waals surface area contributed by atoms with Gasteiger partial charge in [-0.3, -0.25) is 9.59 Å². The highest BCUT2D eigenvalue weighted by atomic mass is 16.5. The minimum atomic E-state index is -0.155. The SMILES string of the molecule is COCc1cc(=O)[nH]c([C@@H]2CCCN(C(=O)C3CC3)C2)n1. The standard InChI is InChI=1S/C15H21N3O3/c1-21-9-12-7-13(19)17-14(16-12)11-3-2-6-18(8-11)15(20)10-4-5-10/h7,10-11H,2-6,8-9H2,1H3,(H,16,17,19)/t11-/m1/s1. The maximum Gasteiger partial charge on any atom is 0.251 e. The second kappa shape index (κ2) is 5.97. The van der Waals surface area contributed by atoms with E-state index >= 15 is 0 Å². The molecule has 0 spiro atoms. The van der Waals surface area contributed by atoms with Gasteiger partial charge in [-0.2, -0.15) is 0 Å². The summed E-state index contributed by atoms with van der Waals surface area (Å²) in [6.45, 7) is 1.82. The third-order valence-electron chi connectivity index (χ3n) is 4.15. The van der Waals surface area contributed by atoms with Crippen molar-refractivity contribution >= 4 is 5.91 Å². The number of amides is 1. The van der Waals surface area contributed by atoms with Crippen molar-refractivity contribution in [2.45, 2.75) is 38.2 Å². The third kappa shape index (κ3) is 3.32. The van der Waals surface area contributed by atoms with Crippen molar-refractivity contribution in [3.63, 3.8) is 0 Å². The average Bonchev–Trinajstić information content (AvgIpc) is 3.31. The maximum atomic E-state index is 12.2. The Morgan fingerprint density at radius 2 is 2.29 bits per heavy atom. The molecule has 1 aromatic heterocycles. The highest BCUT2D eigenvalue weighted by Gasteiger charge is 2.36. The van der Waals surface area contributed by atoms with E-state index in [0.29, 0.717) is 24.7 Å². The van der Waals surface area contributed by atoms with Crippen LogP contribution in [0, 0.1) is 5.92 Å². The van der Waals surface area contributed by atoms with Crippen molar-refractivity contribution in [1.29, 1.82) is 0 Å². The van der Waals surface area contributed by atoms with Gasteiger partial charge in [0, 0.05) is 38.1 Å². The molecule has 1 aliphatic carbocycles. The van der Waals surface area contributed by atoms with Crippen LogP contribution in [0.25, 0.3) is 0 Å². The number of hydrogen-bond donors (Lipinski definition) is 1. The van der Waals surface area contributed by atoms with Gasteiger partial charge in [-0.25, -0.2) is 4.98 Å². The molecule has 1 atom stereocenters. The summed E-state index contributed by atoms with van der Waals surface area (Å²) < 4.78 is 5.04. The van der Waals surface area contributed by atoms with Crippen LogP contribution >= 0.6 is 0 Å². The Bertz CT molecular complexity index is 580. The van der Waals surface area contributed by atoms with Crippen LogP contribution in [0.2, 0.25) is 0 Å². The van der Waals surface area contributed by atoms with Gasteiger partial charge in [0.1, 0.15) is 5.82 Å². The Hall–Kier alpha value is -1.69. The third-order valence-corrected chi connectivity index (χ3v) is 4.15. The first kappa shape index (κ1) is 14.3. The Morgan fingerprint density at radius 3 is 3.00 bits per heavy atom. The number of piperidine rings is 1. The minimum absolute atomic E-state index is 0.117. The van der Waals surface area contributed by atoms with E-state index in [1.165, 1.54) is 6.07 Å². The number of H-pyrrole nitrogens is 1. The van der Waals surface area contributed by atoms with E-state index < -0.39 is 0 Å². The number of aromatic nitrogens is 2. The average molecular weight is 291 g/mol. The van der Waals surface area contributed by atoms with Crippen LogP contribution in [0.3, 0.4) is 0 Å². The fourth-order valence-electron chi connectivity index (χ4n) is 2.93. The summed E-state index contributed by atoms with van der Waals surface area (Å²) in [6, 6.07) is 1.46. The minimum Gasteiger partial charge on any atom is -0.378 e. The quantitative estimate of drug-likeness (QED) is 0.899. The summed E-state index contributed by atoms with van der Waals surface area (Å²) in [4.78, 5) is 33.2. The maximum absolute atomic E-state index is 12.2. The summed E-state index contributed by atoms with van der Waals surface area (Å²) in [7, 11) is 1.58. The van der Waals surface area contributed by atoms with Crippen LogP contribution in [-0.2, 0) is 16.1 Å². The van der Waals surface area contributed by atoms with E-state index in [-0.39, 0.29) is 23.3 Å². The zero-order valence-corrected chi connectivity index (χ0v) is 12.3. The van der Waals surface area contributed by atoms with Crippen molar-refractivity contribution in [2.24, 2.45) is 5.92 Å². The van der Waals surface area contributed by atoms with E-state index in [1.54, 1.807) is 7.11 Å². The van der Waals surface area contributed by atoms with Gasteiger partial charge in [-0.15, -0.1) is 0 Å². The van der Waals surface area contributed by atoms with Gasteiger partial charge in [0.15, 0.2) is 0 Å². The fraction of sp³-hybridized carbons (Fsp3) is 0.667. The molecule has 0 bridgehead atoms. The molecule has 3 rings (SSSR count). The zero-order valence-electron chi connectivity index (χ0n) is 12.3. The first-order valence-electron chi connectivity index (χ1n) is 7.55. The van der Waals surface area contributed by atoms with Gasteiger partial charge in [-0.05, 0) is 25.7 Å². The Balaban J connectivity index is 1.76. The van der Waals surface area contributed by atoms with Crippen molar-refractivity contribution in [3.8, 4) is 0 Å². The lowest BCUT2D eigenvalue weighted by atomic mass is 9.96. The molecular formula is C15H21N3O3. The molecule has 1 saturated heterocycles. The summed E-state index contributed by atoms with van der Waals surface area (Å²) in [5.41, 5.74) is 0.486. The number of carbonyl (C=O) groups excluding carboxylic acids is 1. The number of methoxy groups -OCH3 is 1. The zero-order chi connectivity index (χ0) is 14.8. The first-order chi connectivity index (χ1) is 10.2. The predicted octanol–water partition coefficient (Wildman–Crippen LogP) is 1.03. The molecule has 0 radical (unpaired) electrons. The lowest BCUT2D eigenvalue weighted by Gasteiger charge is -2.32. The number of ether oxygens (including phenoxy) is 1. The highest BCUT2D eigenvalue weighted by molar-refractivity contribution is 5.81. The molecule has 1 saturated carbocycles. The smallest absolute Gasteiger partial charge is 0.251 e. The number of aromatic amines is 1. The molecule has 2 heterocycles. The summed E-state index contributed by atoms with van der Waals surface area (Å²) in [6.07, 6.45) is 3.96. The first-order valence-corrected chi connectivity index (χ1v) is 7.55. The summed E-state index contributed by atoms with van der Waals surface area (Å²) >= 11 is 0. The Morgan fingerprint density at radius 1 is 1.48 bits per heavy atom. The number of rotatable bonds is 4. The van der Waals surface area contributed by atoms with Gasteiger partial charge in [0.05, 0.1) is 12.3 Å². The molecular weight excluding hydrogens is 270 g/mol. The van der Waals surface area contributed by atoms with E-state index in [1.807, 2.05) is 4.90 Å². The summed E-state index contributed by atoms with van der Waals surface area (Å²) in [5, 5.41) is 0. The van der Waals surface area contributed by atoms with Crippen molar-refractivity contribution in [3.05, 3.63) is 27.9 Å². The molecule has 1 amide bonds. The van der Waals surface area contributed by atoms with Crippen LogP contribution in [0.1, 0.15) is 43.1 Å². The molecule has 1 aromatic rings. The number of hydrogen-bond acceptors (Lipinski definition) is 4. The van der Waals surface area contributed by atoms with Crippen LogP contribution in [0.4, 0.5) is 0 Å². The Kier molecular flexibility index (Phi) is 4.05. The van der Waals surface area contributed by atoms with Crippen molar-refractivity contribution in [2.75, 3.05) is 20.2 Å². The van der Waals surface area contributed by atoms with Crippen LogP contribution in [-0.4, -0.2) is 41.0 Å². The second-order valence-electron chi connectivity index (χ2n) is 5.95. The van der Waals surface area contributed by atoms with Gasteiger partial charge < -0.3 is 14.6 Å². The lowest BCUT2D eigenvalue weighted by molar-refractivity contribution is -0.133. The molecule has 0 unspecified atom stereocenters. The number of carbonyl (C=O) groups is 1. The number of likely N-dealkylation sites (tertiary alicyclic amines) is 1. The Labute approximate surface area is 123 Å². The van der Waals surface area contributed by atoms with Crippen molar-refractivity contribution < 1.29 is 9.53 Å². The highest BCUT2D eigenvalue weighted by Crippen LogP contribution is 2.33. The fourth-order valence-corrected chi connectivity index (χ4v) is 2.93. The van der Waals surface area contributed by atoms with Gasteiger partial charge in [0.25, 0.3) is 5.56 Å². The molecule has 0 aromatic carbocycles.